The normalized spacial score (nSPS) is 11.2. The van der Waals surface area contributed by atoms with Gasteiger partial charge in [0.1, 0.15) is 0 Å². The molecule has 0 amide bonds. The predicted molar refractivity (Wildman–Crippen MR) is 241 cm³/mol. The molecule has 10 aromatic rings. The van der Waals surface area contributed by atoms with Crippen molar-refractivity contribution in [3.63, 3.8) is 0 Å². The maximum absolute atomic E-state index is 2.37. The van der Waals surface area contributed by atoms with Crippen LogP contribution in [0.5, 0.6) is 0 Å². The van der Waals surface area contributed by atoms with Gasteiger partial charge in [0.05, 0.1) is 0 Å². The van der Waals surface area contributed by atoms with E-state index in [0.717, 1.165) is 17.1 Å². The van der Waals surface area contributed by atoms with E-state index in [4.69, 9.17) is 0 Å². The van der Waals surface area contributed by atoms with E-state index in [9.17, 15) is 0 Å². The van der Waals surface area contributed by atoms with Gasteiger partial charge in [0.15, 0.2) is 0 Å². The first-order chi connectivity index (χ1) is 27.7. The van der Waals surface area contributed by atoms with Gasteiger partial charge >= 0.3 is 0 Å². The number of rotatable bonds is 8. The van der Waals surface area contributed by atoms with Crippen LogP contribution in [0.4, 0.5) is 17.1 Å². The molecule has 0 aliphatic carbocycles. The predicted octanol–water partition coefficient (Wildman–Crippen LogP) is 15.9. The molecule has 0 bridgehead atoms. The Balaban J connectivity index is 1.07. The summed E-state index contributed by atoms with van der Waals surface area (Å²) in [6, 6.07) is 81.3. The zero-order valence-corrected chi connectivity index (χ0v) is 31.5. The molecule has 1 nitrogen and oxygen atoms in total. The fourth-order valence-electron chi connectivity index (χ4n) is 7.88. The molecule has 56 heavy (non-hydrogen) atoms. The molecule has 9 aromatic carbocycles. The second-order valence-electron chi connectivity index (χ2n) is 14.2. The van der Waals surface area contributed by atoms with Gasteiger partial charge in [-0.2, -0.15) is 0 Å². The number of anilines is 3. The average Bonchev–Trinajstić information content (AvgIpc) is 3.67. The van der Waals surface area contributed by atoms with Crippen LogP contribution in [0.25, 0.3) is 75.8 Å². The molecule has 1 aromatic heterocycles. The SMILES string of the molecule is c1ccc(-c2ccc(N(c3ccc(-c4ccccc4)cc3)c3ccc(-c4cc(-c5ccccc5)cc(-c5cccc6sc7ccccc7c56)c4)cc3)cc2)cc1. The summed E-state index contributed by atoms with van der Waals surface area (Å²) in [7, 11) is 0. The lowest BCUT2D eigenvalue weighted by Gasteiger charge is -2.26. The first-order valence-electron chi connectivity index (χ1n) is 19.1. The van der Waals surface area contributed by atoms with E-state index in [-0.39, 0.29) is 0 Å². The molecule has 0 fully saturated rings. The van der Waals surface area contributed by atoms with E-state index in [1.165, 1.54) is 75.8 Å². The molecule has 0 spiro atoms. The smallest absolute Gasteiger partial charge is 0.0462 e. The van der Waals surface area contributed by atoms with Crippen molar-refractivity contribution in [1.82, 2.24) is 0 Å². The quantitative estimate of drug-likeness (QED) is 0.150. The average molecular weight is 732 g/mol. The lowest BCUT2D eigenvalue weighted by molar-refractivity contribution is 1.28. The number of benzene rings is 9. The number of thiophene rings is 1. The Hall–Kier alpha value is -7.00. The minimum atomic E-state index is 1.10. The third-order valence-electron chi connectivity index (χ3n) is 10.7. The first kappa shape index (κ1) is 33.6. The molecule has 0 aliphatic heterocycles. The molecular formula is C54H37NS. The van der Waals surface area contributed by atoms with Gasteiger partial charge < -0.3 is 4.90 Å². The Bertz CT molecular complexity index is 2830. The molecule has 1 heterocycles. The lowest BCUT2D eigenvalue weighted by Crippen LogP contribution is -2.09. The Kier molecular flexibility index (Phi) is 8.79. The molecule has 0 atom stereocenters. The van der Waals surface area contributed by atoms with Gasteiger partial charge in [-0.15, -0.1) is 11.3 Å². The zero-order chi connectivity index (χ0) is 37.3. The van der Waals surface area contributed by atoms with E-state index >= 15 is 0 Å². The Morgan fingerprint density at radius 1 is 0.268 bits per heavy atom. The van der Waals surface area contributed by atoms with Gasteiger partial charge in [0.25, 0.3) is 0 Å². The van der Waals surface area contributed by atoms with E-state index in [1.54, 1.807) is 0 Å². The summed E-state index contributed by atoms with van der Waals surface area (Å²) in [6.07, 6.45) is 0. The standard InChI is InChI=1S/C54H37NS/c1-4-13-38(14-5-1)41-23-29-47(30-24-41)55(48-31-25-42(26-32-48)39-15-6-2-7-16-39)49-33-27-43(28-34-49)45-35-44(40-17-8-3-9-18-40)36-46(37-45)50-20-12-22-53-54(50)51-19-10-11-21-52(51)56-53/h1-37H. The fourth-order valence-corrected chi connectivity index (χ4v) is 9.01. The van der Waals surface area contributed by atoms with Crippen LogP contribution >= 0.6 is 11.3 Å². The van der Waals surface area contributed by atoms with Crippen molar-refractivity contribution in [2.45, 2.75) is 0 Å². The van der Waals surface area contributed by atoms with Gasteiger partial charge in [-0.05, 0) is 122 Å². The van der Waals surface area contributed by atoms with Crippen molar-refractivity contribution < 1.29 is 0 Å². The van der Waals surface area contributed by atoms with Gasteiger partial charge in [-0.3, -0.25) is 0 Å². The van der Waals surface area contributed by atoms with Crippen LogP contribution < -0.4 is 4.90 Å². The summed E-state index contributed by atoms with van der Waals surface area (Å²) in [6.45, 7) is 0. The topological polar surface area (TPSA) is 3.24 Å². The highest BCUT2D eigenvalue weighted by atomic mass is 32.1. The highest BCUT2D eigenvalue weighted by molar-refractivity contribution is 7.25. The Morgan fingerprint density at radius 2 is 0.643 bits per heavy atom. The van der Waals surface area contributed by atoms with E-state index in [1.807, 2.05) is 11.3 Å². The largest absolute Gasteiger partial charge is 0.311 e. The molecule has 2 heteroatoms. The van der Waals surface area contributed by atoms with Crippen LogP contribution in [-0.4, -0.2) is 0 Å². The van der Waals surface area contributed by atoms with Crippen molar-refractivity contribution in [3.05, 3.63) is 224 Å². The molecule has 264 valence electrons. The van der Waals surface area contributed by atoms with E-state index in [0.29, 0.717) is 0 Å². The van der Waals surface area contributed by atoms with Gasteiger partial charge in [-0.1, -0.05) is 158 Å². The summed E-state index contributed by atoms with van der Waals surface area (Å²) < 4.78 is 2.63. The summed E-state index contributed by atoms with van der Waals surface area (Å²) in [5, 5.41) is 2.64. The molecule has 0 radical (unpaired) electrons. The van der Waals surface area contributed by atoms with Crippen LogP contribution in [0.15, 0.2) is 224 Å². The minimum Gasteiger partial charge on any atom is -0.311 e. The van der Waals surface area contributed by atoms with Crippen LogP contribution in [0.1, 0.15) is 0 Å². The molecule has 0 unspecified atom stereocenters. The third kappa shape index (κ3) is 6.47. The summed E-state index contributed by atoms with van der Waals surface area (Å²) >= 11 is 1.87. The minimum absolute atomic E-state index is 1.10. The van der Waals surface area contributed by atoms with E-state index in [2.05, 4.69) is 229 Å². The molecular weight excluding hydrogens is 695 g/mol. The van der Waals surface area contributed by atoms with Crippen LogP contribution in [-0.2, 0) is 0 Å². The highest BCUT2D eigenvalue weighted by Gasteiger charge is 2.16. The van der Waals surface area contributed by atoms with Crippen molar-refractivity contribution in [2.75, 3.05) is 4.90 Å². The van der Waals surface area contributed by atoms with Crippen molar-refractivity contribution in [1.29, 1.82) is 0 Å². The fraction of sp³-hybridized carbons (Fsp3) is 0. The maximum Gasteiger partial charge on any atom is 0.0462 e. The number of fused-ring (bicyclic) bond motifs is 3. The summed E-state index contributed by atoms with van der Waals surface area (Å²) in [5.41, 5.74) is 15.4. The molecule has 0 saturated carbocycles. The number of hydrogen-bond donors (Lipinski definition) is 0. The first-order valence-corrected chi connectivity index (χ1v) is 19.9. The van der Waals surface area contributed by atoms with E-state index < -0.39 is 0 Å². The molecule has 10 rings (SSSR count). The van der Waals surface area contributed by atoms with Crippen LogP contribution in [0.3, 0.4) is 0 Å². The van der Waals surface area contributed by atoms with Crippen LogP contribution in [0.2, 0.25) is 0 Å². The molecule has 0 aliphatic rings. The molecule has 0 saturated heterocycles. The second-order valence-corrected chi connectivity index (χ2v) is 15.2. The monoisotopic (exact) mass is 731 g/mol. The van der Waals surface area contributed by atoms with Crippen molar-refractivity contribution in [2.24, 2.45) is 0 Å². The number of nitrogens with zero attached hydrogens (tertiary/aromatic N) is 1. The Labute approximate surface area is 332 Å². The highest BCUT2D eigenvalue weighted by Crippen LogP contribution is 2.43. The Morgan fingerprint density at radius 3 is 1.14 bits per heavy atom. The maximum atomic E-state index is 2.37. The van der Waals surface area contributed by atoms with Gasteiger partial charge in [0.2, 0.25) is 0 Å². The van der Waals surface area contributed by atoms with Crippen molar-refractivity contribution in [3.8, 4) is 55.6 Å². The van der Waals surface area contributed by atoms with Crippen molar-refractivity contribution >= 4 is 48.6 Å². The lowest BCUT2D eigenvalue weighted by atomic mass is 9.91. The third-order valence-corrected chi connectivity index (χ3v) is 11.8. The van der Waals surface area contributed by atoms with Crippen LogP contribution in [0, 0.1) is 0 Å². The van der Waals surface area contributed by atoms with Gasteiger partial charge in [0, 0.05) is 37.2 Å². The zero-order valence-electron chi connectivity index (χ0n) is 30.7. The molecule has 0 N–H and O–H groups in total. The number of hydrogen-bond acceptors (Lipinski definition) is 2. The second kappa shape index (κ2) is 14.7. The summed E-state index contributed by atoms with van der Waals surface area (Å²) in [4.78, 5) is 2.35. The summed E-state index contributed by atoms with van der Waals surface area (Å²) in [5.74, 6) is 0. The van der Waals surface area contributed by atoms with Gasteiger partial charge in [-0.25, -0.2) is 0 Å².